The third kappa shape index (κ3) is 2.37. The van der Waals surface area contributed by atoms with Crippen LogP contribution in [0.4, 0.5) is 0 Å². The summed E-state index contributed by atoms with van der Waals surface area (Å²) < 4.78 is 0. The van der Waals surface area contributed by atoms with E-state index < -0.39 is 0 Å². The van der Waals surface area contributed by atoms with Gasteiger partial charge in [0.25, 0.3) is 0 Å². The number of fused-ring (bicyclic) bond motifs is 4. The second kappa shape index (κ2) is 5.90. The number of rotatable bonds is 0. The van der Waals surface area contributed by atoms with Crippen LogP contribution < -0.4 is 0 Å². The molecule has 0 saturated carbocycles. The predicted molar refractivity (Wildman–Crippen MR) is 117 cm³/mol. The summed E-state index contributed by atoms with van der Waals surface area (Å²) in [5, 5.41) is 10.2. The molecular weight excluding hydrogens is 406 g/mol. The molecule has 0 spiro atoms. The first kappa shape index (κ1) is 16.5. The zero-order valence-corrected chi connectivity index (χ0v) is 16.3. The molecule has 126 valence electrons. The smallest absolute Gasteiger partial charge is 0.0599 e. The quantitative estimate of drug-likeness (QED) is 0.221. The first-order valence-electron chi connectivity index (χ1n) is 8.05. The van der Waals surface area contributed by atoms with Gasteiger partial charge < -0.3 is 0 Å². The normalized spacial score (nSPS) is 11.8. The van der Waals surface area contributed by atoms with Gasteiger partial charge in [0.15, 0.2) is 0 Å². The van der Waals surface area contributed by atoms with E-state index in [0.717, 1.165) is 37.7 Å². The van der Waals surface area contributed by atoms with Gasteiger partial charge in [0.2, 0.25) is 0 Å². The van der Waals surface area contributed by atoms with Crippen LogP contribution in [0, 0.1) is 0 Å². The van der Waals surface area contributed by atoms with Crippen molar-refractivity contribution >= 4 is 89.5 Å². The first-order chi connectivity index (χ1) is 12.5. The van der Waals surface area contributed by atoms with Crippen LogP contribution in [0.5, 0.6) is 0 Å². The van der Waals surface area contributed by atoms with Crippen LogP contribution >= 0.6 is 46.4 Å². The molecule has 0 unspecified atom stereocenters. The highest BCUT2D eigenvalue weighted by Gasteiger charge is 2.14. The molecule has 0 fully saturated rings. The zero-order valence-electron chi connectivity index (χ0n) is 13.3. The van der Waals surface area contributed by atoms with Gasteiger partial charge in [-0.25, -0.2) is 0 Å². The summed E-state index contributed by atoms with van der Waals surface area (Å²) in [6, 6.07) is 20.3. The van der Waals surface area contributed by atoms with E-state index in [1.54, 1.807) is 6.07 Å². The third-order valence-corrected chi connectivity index (χ3v) is 6.34. The van der Waals surface area contributed by atoms with Crippen molar-refractivity contribution in [2.45, 2.75) is 0 Å². The lowest BCUT2D eigenvalue weighted by atomic mass is 9.97. The van der Waals surface area contributed by atoms with E-state index in [1.165, 1.54) is 5.39 Å². The van der Waals surface area contributed by atoms with E-state index >= 15 is 0 Å². The molecule has 0 aliphatic rings. The van der Waals surface area contributed by atoms with E-state index in [-0.39, 0.29) is 0 Å². The number of benzene rings is 5. The molecule has 0 atom stereocenters. The van der Waals surface area contributed by atoms with E-state index in [1.807, 2.05) is 18.2 Å². The van der Waals surface area contributed by atoms with Crippen molar-refractivity contribution in [2.24, 2.45) is 0 Å². The molecule has 5 aromatic rings. The minimum atomic E-state index is 0.475. The second-order valence-corrected chi connectivity index (χ2v) is 7.96. The van der Waals surface area contributed by atoms with Crippen molar-refractivity contribution in [1.29, 1.82) is 0 Å². The second-order valence-electron chi connectivity index (χ2n) is 6.39. The fourth-order valence-corrected chi connectivity index (χ4v) is 4.70. The Morgan fingerprint density at radius 3 is 1.65 bits per heavy atom. The SMILES string of the molecule is Clc1cc2cc3cc4cc5ccccc5cc4c(Cl)c3c(Cl)c2cc1Cl. The fraction of sp³-hybridized carbons (Fsp3) is 0. The first-order valence-corrected chi connectivity index (χ1v) is 9.56. The molecular formula is C22H10Cl4. The summed E-state index contributed by atoms with van der Waals surface area (Å²) in [5.41, 5.74) is 0. The van der Waals surface area contributed by atoms with Crippen LogP contribution in [0.25, 0.3) is 43.1 Å². The Bertz CT molecular complexity index is 1370. The maximum Gasteiger partial charge on any atom is 0.0599 e. The number of hydrogen-bond donors (Lipinski definition) is 0. The van der Waals surface area contributed by atoms with Crippen molar-refractivity contribution in [3.05, 3.63) is 80.8 Å². The van der Waals surface area contributed by atoms with Gasteiger partial charge in [-0.1, -0.05) is 70.7 Å². The van der Waals surface area contributed by atoms with Crippen molar-refractivity contribution < 1.29 is 0 Å². The van der Waals surface area contributed by atoms with Crippen molar-refractivity contribution in [2.75, 3.05) is 0 Å². The molecule has 4 heteroatoms. The van der Waals surface area contributed by atoms with Gasteiger partial charge in [-0.3, -0.25) is 0 Å². The van der Waals surface area contributed by atoms with Crippen molar-refractivity contribution in [1.82, 2.24) is 0 Å². The largest absolute Gasteiger partial charge is 0.0829 e. The molecule has 0 aliphatic heterocycles. The molecule has 26 heavy (non-hydrogen) atoms. The molecule has 0 aliphatic carbocycles. The summed E-state index contributed by atoms with van der Waals surface area (Å²) in [7, 11) is 0. The molecule has 0 bridgehead atoms. The molecule has 0 amide bonds. The summed E-state index contributed by atoms with van der Waals surface area (Å²) in [6.07, 6.45) is 0. The monoisotopic (exact) mass is 414 g/mol. The third-order valence-electron chi connectivity index (χ3n) is 4.83. The molecule has 0 aromatic heterocycles. The summed E-state index contributed by atoms with van der Waals surface area (Å²) in [5.74, 6) is 0. The van der Waals surface area contributed by atoms with Crippen molar-refractivity contribution in [3.8, 4) is 0 Å². The molecule has 0 N–H and O–H groups in total. The Labute approximate surface area is 169 Å². The van der Waals surface area contributed by atoms with E-state index in [2.05, 4.69) is 36.4 Å². The van der Waals surface area contributed by atoms with Crippen LogP contribution in [0.15, 0.2) is 60.7 Å². The highest BCUT2D eigenvalue weighted by molar-refractivity contribution is 6.49. The Morgan fingerprint density at radius 2 is 0.962 bits per heavy atom. The molecule has 5 rings (SSSR count). The summed E-state index contributed by atoms with van der Waals surface area (Å²) >= 11 is 25.9. The molecule has 0 nitrogen and oxygen atoms in total. The van der Waals surface area contributed by atoms with E-state index in [0.29, 0.717) is 20.1 Å². The average Bonchev–Trinajstić information content (AvgIpc) is 2.62. The predicted octanol–water partition coefficient (Wildman–Crippen LogP) is 8.91. The average molecular weight is 416 g/mol. The van der Waals surface area contributed by atoms with E-state index in [9.17, 15) is 0 Å². The van der Waals surface area contributed by atoms with Gasteiger partial charge in [0.05, 0.1) is 20.1 Å². The molecule has 0 radical (unpaired) electrons. The summed E-state index contributed by atoms with van der Waals surface area (Å²) in [6.45, 7) is 0. The zero-order chi connectivity index (χ0) is 18.0. The summed E-state index contributed by atoms with van der Waals surface area (Å²) in [4.78, 5) is 0. The van der Waals surface area contributed by atoms with Gasteiger partial charge in [-0.15, -0.1) is 0 Å². The van der Waals surface area contributed by atoms with Gasteiger partial charge in [0.1, 0.15) is 0 Å². The number of halogens is 4. The standard InChI is InChI=1S/C22H10Cl4/c23-18-9-14-7-15-6-13-5-11-3-1-2-4-12(11)8-16(13)21(25)20(15)22(26)17(14)10-19(18)24/h1-10H. The van der Waals surface area contributed by atoms with E-state index in [4.69, 9.17) is 46.4 Å². The van der Waals surface area contributed by atoms with Gasteiger partial charge >= 0.3 is 0 Å². The minimum Gasteiger partial charge on any atom is -0.0829 e. The Morgan fingerprint density at radius 1 is 0.462 bits per heavy atom. The van der Waals surface area contributed by atoms with Crippen LogP contribution in [-0.2, 0) is 0 Å². The van der Waals surface area contributed by atoms with Crippen LogP contribution in [0.1, 0.15) is 0 Å². The lowest BCUT2D eigenvalue weighted by Gasteiger charge is -2.12. The number of hydrogen-bond acceptors (Lipinski definition) is 0. The lowest BCUT2D eigenvalue weighted by Crippen LogP contribution is -1.85. The molecule has 5 aromatic carbocycles. The topological polar surface area (TPSA) is 0 Å². The van der Waals surface area contributed by atoms with Gasteiger partial charge in [0, 0.05) is 16.2 Å². The van der Waals surface area contributed by atoms with Crippen LogP contribution in [0.2, 0.25) is 20.1 Å². The lowest BCUT2D eigenvalue weighted by molar-refractivity contribution is 1.77. The fourth-order valence-electron chi connectivity index (χ4n) is 3.58. The molecule has 0 heterocycles. The highest BCUT2D eigenvalue weighted by Crippen LogP contribution is 2.43. The maximum absolute atomic E-state index is 6.81. The van der Waals surface area contributed by atoms with Crippen LogP contribution in [-0.4, -0.2) is 0 Å². The Balaban J connectivity index is 1.99. The van der Waals surface area contributed by atoms with Crippen molar-refractivity contribution in [3.63, 3.8) is 0 Å². The Hall–Kier alpha value is -1.70. The van der Waals surface area contributed by atoms with Gasteiger partial charge in [-0.2, -0.15) is 0 Å². The van der Waals surface area contributed by atoms with Crippen LogP contribution in [0.3, 0.4) is 0 Å². The minimum absolute atomic E-state index is 0.475. The Kier molecular flexibility index (Phi) is 3.74. The van der Waals surface area contributed by atoms with Gasteiger partial charge in [-0.05, 0) is 63.3 Å². The molecule has 0 saturated heterocycles. The highest BCUT2D eigenvalue weighted by atomic mass is 35.5. The maximum atomic E-state index is 6.81.